The van der Waals surface area contributed by atoms with Crippen molar-refractivity contribution < 1.29 is 41.8 Å². The quantitative estimate of drug-likeness (QED) is 0.156. The molecule has 3 aromatic rings. The number of H-pyrrole nitrogens is 1. The molecule has 0 aliphatic rings. The monoisotopic (exact) mass is 629 g/mol. The van der Waals surface area contributed by atoms with Gasteiger partial charge in [0, 0.05) is 18.3 Å². The van der Waals surface area contributed by atoms with Crippen LogP contribution in [0.4, 0.5) is 4.79 Å². The first kappa shape index (κ1) is 33.6. The highest BCUT2D eigenvalue weighted by Crippen LogP contribution is 2.23. The first-order valence-corrected chi connectivity index (χ1v) is 15.2. The van der Waals surface area contributed by atoms with Crippen LogP contribution in [0, 0.1) is 0 Å². The summed E-state index contributed by atoms with van der Waals surface area (Å²) in [5.74, 6) is -2.51. The highest BCUT2D eigenvalue weighted by molar-refractivity contribution is 7.89. The molecular weight excluding hydrogens is 594 g/mol. The van der Waals surface area contributed by atoms with Gasteiger partial charge in [0.15, 0.2) is 0 Å². The van der Waals surface area contributed by atoms with Crippen molar-refractivity contribution in [3.63, 3.8) is 0 Å². The molecule has 0 spiro atoms. The van der Waals surface area contributed by atoms with Crippen molar-refractivity contribution in [1.29, 1.82) is 0 Å². The number of alkyl carbamates (subject to hydrolysis) is 1. The normalized spacial score (nSPS) is 11.6. The summed E-state index contributed by atoms with van der Waals surface area (Å²) in [6.07, 6.45) is 2.80. The van der Waals surface area contributed by atoms with Crippen molar-refractivity contribution in [3.8, 4) is 5.75 Å². The number of rotatable bonds is 16. The van der Waals surface area contributed by atoms with E-state index in [0.717, 1.165) is 12.0 Å². The van der Waals surface area contributed by atoms with Gasteiger partial charge in [-0.3, -0.25) is 14.4 Å². The molecule has 0 unspecified atom stereocenters. The first-order chi connectivity index (χ1) is 21.1. The van der Waals surface area contributed by atoms with Crippen LogP contribution in [0.15, 0.2) is 72.0 Å². The Labute approximate surface area is 255 Å². The summed E-state index contributed by atoms with van der Waals surface area (Å²) < 4.78 is 43.5. The summed E-state index contributed by atoms with van der Waals surface area (Å²) in [4.78, 5) is 58.0. The molecule has 3 N–H and O–H groups in total. The van der Waals surface area contributed by atoms with Crippen molar-refractivity contribution in [2.75, 3.05) is 26.8 Å². The van der Waals surface area contributed by atoms with Gasteiger partial charge in [0.05, 0.1) is 24.9 Å². The van der Waals surface area contributed by atoms with Gasteiger partial charge in [-0.15, -0.1) is 0 Å². The van der Waals surface area contributed by atoms with E-state index in [1.54, 1.807) is 24.3 Å². The predicted octanol–water partition coefficient (Wildman–Crippen LogP) is 1.93. The number of methoxy groups -OCH3 is 1. The largest absolute Gasteiger partial charge is 0.497 e. The van der Waals surface area contributed by atoms with Gasteiger partial charge in [-0.25, -0.2) is 22.5 Å². The van der Waals surface area contributed by atoms with Crippen LogP contribution in [0.5, 0.6) is 5.75 Å². The SMILES string of the molecule is CCCCOC(=O)NCC(=O)N([C@@H](Cc1cnc[nH]1)C(=O)NCC(=O)OCc1ccccc1)S(=O)(=O)c1ccc(OC)cc1. The van der Waals surface area contributed by atoms with E-state index in [0.29, 0.717) is 22.2 Å². The fourth-order valence-corrected chi connectivity index (χ4v) is 5.42. The summed E-state index contributed by atoms with van der Waals surface area (Å²) in [5.41, 5.74) is 1.05. The van der Waals surface area contributed by atoms with Crippen LogP contribution in [-0.4, -0.2) is 79.4 Å². The topological polar surface area (TPSA) is 186 Å². The molecule has 0 aliphatic heterocycles. The minimum atomic E-state index is -4.70. The number of sulfonamides is 1. The molecule has 0 saturated carbocycles. The molecule has 0 aliphatic carbocycles. The van der Waals surface area contributed by atoms with Gasteiger partial charge < -0.3 is 29.8 Å². The number of hydrogen-bond acceptors (Lipinski definition) is 10. The standard InChI is InChI=1S/C29H35N5O9S/c1-3-4-14-42-29(38)32-17-26(35)34(44(39,40)24-12-10-23(41-2)11-13-24)25(15-22-16-30-20-33-22)28(37)31-18-27(36)43-19-21-8-6-5-7-9-21/h5-13,16,20,25H,3-4,14-15,17-19H2,1-2H3,(H,30,33)(H,31,37)(H,32,38)/t25-/m0/s1. The van der Waals surface area contributed by atoms with E-state index in [1.165, 1.54) is 43.9 Å². The summed E-state index contributed by atoms with van der Waals surface area (Å²) in [6.45, 7) is 0.573. The Morgan fingerprint density at radius 3 is 2.34 bits per heavy atom. The van der Waals surface area contributed by atoms with E-state index in [2.05, 4.69) is 20.6 Å². The number of carbonyl (C=O) groups is 4. The third kappa shape index (κ3) is 9.83. The Bertz CT molecular complexity index is 1480. The molecule has 3 amide bonds. The number of imidazole rings is 1. The molecule has 1 atom stereocenters. The zero-order valence-corrected chi connectivity index (χ0v) is 25.2. The minimum Gasteiger partial charge on any atom is -0.497 e. The van der Waals surface area contributed by atoms with Gasteiger partial charge >= 0.3 is 12.1 Å². The van der Waals surface area contributed by atoms with Crippen molar-refractivity contribution in [3.05, 3.63) is 78.4 Å². The van der Waals surface area contributed by atoms with Crippen LogP contribution in [0.1, 0.15) is 31.0 Å². The lowest BCUT2D eigenvalue weighted by atomic mass is 10.1. The Balaban J connectivity index is 1.87. The second-order valence-corrected chi connectivity index (χ2v) is 11.2. The average molecular weight is 630 g/mol. The van der Waals surface area contributed by atoms with Crippen LogP contribution >= 0.6 is 0 Å². The van der Waals surface area contributed by atoms with E-state index in [-0.39, 0.29) is 24.5 Å². The highest BCUT2D eigenvalue weighted by atomic mass is 32.2. The van der Waals surface area contributed by atoms with E-state index >= 15 is 0 Å². The maximum Gasteiger partial charge on any atom is 0.407 e. The molecule has 0 bridgehead atoms. The summed E-state index contributed by atoms with van der Waals surface area (Å²) in [7, 11) is -3.30. The first-order valence-electron chi connectivity index (χ1n) is 13.7. The van der Waals surface area contributed by atoms with Crippen LogP contribution in [-0.2, 0) is 46.9 Å². The molecule has 3 rings (SSSR count). The molecular formula is C29H35N5O9S. The summed E-state index contributed by atoms with van der Waals surface area (Å²) in [6, 6.07) is 12.4. The van der Waals surface area contributed by atoms with Crippen molar-refractivity contribution in [1.82, 2.24) is 24.9 Å². The Morgan fingerprint density at radius 2 is 1.70 bits per heavy atom. The Hall–Kier alpha value is -4.92. The molecule has 1 aromatic heterocycles. The molecule has 2 aromatic carbocycles. The zero-order chi connectivity index (χ0) is 32.0. The number of unbranched alkanes of at least 4 members (excludes halogenated alkanes) is 1. The molecule has 44 heavy (non-hydrogen) atoms. The van der Waals surface area contributed by atoms with Gasteiger partial charge in [0.1, 0.15) is 31.5 Å². The van der Waals surface area contributed by atoms with Crippen LogP contribution in [0.3, 0.4) is 0 Å². The number of benzene rings is 2. The molecule has 0 saturated heterocycles. The third-order valence-electron chi connectivity index (χ3n) is 6.18. The smallest absolute Gasteiger partial charge is 0.407 e. The fraction of sp³-hybridized carbons (Fsp3) is 0.345. The molecule has 14 nitrogen and oxygen atoms in total. The van der Waals surface area contributed by atoms with Crippen molar-refractivity contribution in [2.24, 2.45) is 0 Å². The lowest BCUT2D eigenvalue weighted by Crippen LogP contribution is -2.56. The van der Waals surface area contributed by atoms with Crippen molar-refractivity contribution >= 4 is 33.9 Å². The summed E-state index contributed by atoms with van der Waals surface area (Å²) >= 11 is 0. The molecule has 1 heterocycles. The number of ether oxygens (including phenoxy) is 3. The predicted molar refractivity (Wildman–Crippen MR) is 157 cm³/mol. The number of nitrogens with zero attached hydrogens (tertiary/aromatic N) is 2. The van der Waals surface area contributed by atoms with E-state index in [1.807, 2.05) is 13.0 Å². The number of amides is 3. The number of aromatic amines is 1. The minimum absolute atomic E-state index is 0.0381. The molecule has 15 heteroatoms. The van der Waals surface area contributed by atoms with Gasteiger partial charge in [-0.1, -0.05) is 43.7 Å². The lowest BCUT2D eigenvalue weighted by Gasteiger charge is -2.30. The van der Waals surface area contributed by atoms with Gasteiger partial charge in [-0.2, -0.15) is 0 Å². The number of hydrogen-bond donors (Lipinski definition) is 3. The Kier molecular flexibility index (Phi) is 12.7. The number of nitrogens with one attached hydrogen (secondary N) is 3. The van der Waals surface area contributed by atoms with Crippen LogP contribution in [0.2, 0.25) is 0 Å². The second kappa shape index (κ2) is 16.6. The molecule has 0 radical (unpaired) electrons. The average Bonchev–Trinajstić information content (AvgIpc) is 3.55. The fourth-order valence-electron chi connectivity index (χ4n) is 3.88. The maximum atomic E-state index is 13.9. The van der Waals surface area contributed by atoms with Gasteiger partial charge in [0.25, 0.3) is 15.9 Å². The Morgan fingerprint density at radius 1 is 0.977 bits per heavy atom. The van der Waals surface area contributed by atoms with Crippen LogP contribution in [0.25, 0.3) is 0 Å². The number of aromatic nitrogens is 2. The number of carbonyl (C=O) groups excluding carboxylic acids is 4. The van der Waals surface area contributed by atoms with E-state index in [9.17, 15) is 27.6 Å². The maximum absolute atomic E-state index is 13.9. The van der Waals surface area contributed by atoms with Crippen molar-refractivity contribution in [2.45, 2.75) is 43.7 Å². The third-order valence-corrected chi connectivity index (χ3v) is 8.02. The van der Waals surface area contributed by atoms with Crippen LogP contribution < -0.4 is 15.4 Å². The molecule has 236 valence electrons. The highest BCUT2D eigenvalue weighted by Gasteiger charge is 2.40. The number of esters is 1. The lowest BCUT2D eigenvalue weighted by molar-refractivity contribution is -0.145. The molecule has 0 fully saturated rings. The van der Waals surface area contributed by atoms with Gasteiger partial charge in [-0.05, 0) is 36.2 Å². The van der Waals surface area contributed by atoms with E-state index < -0.39 is 53.0 Å². The zero-order valence-electron chi connectivity index (χ0n) is 24.4. The second-order valence-electron chi connectivity index (χ2n) is 9.37. The summed E-state index contributed by atoms with van der Waals surface area (Å²) in [5, 5.41) is 4.61. The van der Waals surface area contributed by atoms with E-state index in [4.69, 9.17) is 14.2 Å². The van der Waals surface area contributed by atoms with Gasteiger partial charge in [0.2, 0.25) is 5.91 Å².